The molecule has 1 aromatic carbocycles. The van der Waals surface area contributed by atoms with Crippen molar-refractivity contribution in [2.24, 2.45) is 0 Å². The minimum atomic E-state index is -4.06. The van der Waals surface area contributed by atoms with Gasteiger partial charge in [0, 0.05) is 39.3 Å². The Kier molecular flexibility index (Phi) is 4.61. The van der Waals surface area contributed by atoms with Crippen molar-refractivity contribution in [2.75, 3.05) is 28.2 Å². The van der Waals surface area contributed by atoms with E-state index in [1.54, 1.807) is 13.0 Å². The van der Waals surface area contributed by atoms with Crippen LogP contribution in [0.3, 0.4) is 0 Å². The monoisotopic (exact) mass is 373 g/mol. The van der Waals surface area contributed by atoms with E-state index in [9.17, 15) is 21.9 Å². The lowest BCUT2D eigenvalue weighted by Gasteiger charge is -2.18. The molecule has 0 saturated carbocycles. The number of phenolic OH excluding ortho intramolecular Hbond substituents is 1. The van der Waals surface area contributed by atoms with E-state index in [0.29, 0.717) is 5.69 Å². The standard InChI is InChI=1S/C14H19N3O5S2/c1-9-6-7-10-11(23(19,20)16(2)3)8-12(14(18)13(10)15-9)24(21,22)17(4)5/h6-8,18H,1-5H3. The van der Waals surface area contributed by atoms with Gasteiger partial charge in [0.2, 0.25) is 20.0 Å². The third-order valence-electron chi connectivity index (χ3n) is 3.54. The first-order chi connectivity index (χ1) is 10.9. The van der Waals surface area contributed by atoms with Crippen molar-refractivity contribution in [2.45, 2.75) is 16.7 Å². The fourth-order valence-corrected chi connectivity index (χ4v) is 4.30. The molecule has 8 nitrogen and oxygen atoms in total. The topological polar surface area (TPSA) is 108 Å². The number of hydrogen-bond donors (Lipinski definition) is 1. The summed E-state index contributed by atoms with van der Waals surface area (Å²) in [6.07, 6.45) is 0. The number of hydrogen-bond acceptors (Lipinski definition) is 6. The Hall–Kier alpha value is -1.75. The molecule has 1 N–H and O–H groups in total. The number of nitrogens with zero attached hydrogens (tertiary/aromatic N) is 3. The summed E-state index contributed by atoms with van der Waals surface area (Å²) in [6, 6.07) is 4.07. The number of fused-ring (bicyclic) bond motifs is 1. The van der Waals surface area contributed by atoms with E-state index in [-0.39, 0.29) is 15.8 Å². The van der Waals surface area contributed by atoms with Crippen LogP contribution in [0.25, 0.3) is 10.9 Å². The van der Waals surface area contributed by atoms with Crippen LogP contribution in [-0.4, -0.2) is 63.7 Å². The van der Waals surface area contributed by atoms with Gasteiger partial charge in [-0.3, -0.25) is 0 Å². The summed E-state index contributed by atoms with van der Waals surface area (Å²) in [7, 11) is -2.73. The Labute approximate surface area is 141 Å². The molecule has 1 aromatic heterocycles. The molecule has 2 rings (SSSR count). The number of rotatable bonds is 4. The summed E-state index contributed by atoms with van der Waals surface area (Å²) in [6.45, 7) is 1.66. The molecule has 0 atom stereocenters. The summed E-state index contributed by atoms with van der Waals surface area (Å²) in [5, 5.41) is 10.6. The summed E-state index contributed by atoms with van der Waals surface area (Å²) in [4.78, 5) is 3.40. The van der Waals surface area contributed by atoms with Crippen LogP contribution in [0.4, 0.5) is 0 Å². The molecule has 10 heteroatoms. The van der Waals surface area contributed by atoms with Gasteiger partial charge in [-0.1, -0.05) is 0 Å². The average Bonchev–Trinajstić information content (AvgIpc) is 2.47. The molecule has 0 unspecified atom stereocenters. The van der Waals surface area contributed by atoms with Crippen LogP contribution in [0, 0.1) is 6.92 Å². The molecule has 0 aliphatic rings. The van der Waals surface area contributed by atoms with Crippen LogP contribution in [0.1, 0.15) is 5.69 Å². The maximum absolute atomic E-state index is 12.6. The number of phenols is 1. The fraction of sp³-hybridized carbons (Fsp3) is 0.357. The molecule has 0 bridgehead atoms. The van der Waals surface area contributed by atoms with Crippen molar-refractivity contribution in [3.05, 3.63) is 23.9 Å². The molecule has 0 spiro atoms. The first-order valence-electron chi connectivity index (χ1n) is 6.89. The van der Waals surface area contributed by atoms with Gasteiger partial charge in [0.05, 0.1) is 4.90 Å². The van der Waals surface area contributed by atoms with Crippen molar-refractivity contribution < 1.29 is 21.9 Å². The molecular weight excluding hydrogens is 354 g/mol. The van der Waals surface area contributed by atoms with Crippen LogP contribution in [0.5, 0.6) is 5.75 Å². The van der Waals surface area contributed by atoms with Gasteiger partial charge in [-0.25, -0.2) is 30.4 Å². The lowest BCUT2D eigenvalue weighted by molar-refractivity contribution is 0.456. The van der Waals surface area contributed by atoms with Crippen LogP contribution < -0.4 is 0 Å². The second-order valence-electron chi connectivity index (χ2n) is 5.65. The van der Waals surface area contributed by atoms with Crippen molar-refractivity contribution in [1.82, 2.24) is 13.6 Å². The lowest BCUT2D eigenvalue weighted by Crippen LogP contribution is -2.25. The molecule has 0 aliphatic heterocycles. The summed E-state index contributed by atoms with van der Waals surface area (Å²) < 4.78 is 52.0. The predicted octanol–water partition coefficient (Wildman–Crippen LogP) is 0.749. The van der Waals surface area contributed by atoms with E-state index in [4.69, 9.17) is 0 Å². The largest absolute Gasteiger partial charge is 0.504 e. The molecular formula is C14H19N3O5S2. The maximum atomic E-state index is 12.6. The fourth-order valence-electron chi connectivity index (χ4n) is 2.12. The molecule has 132 valence electrons. The van der Waals surface area contributed by atoms with Crippen molar-refractivity contribution in [1.29, 1.82) is 0 Å². The van der Waals surface area contributed by atoms with Gasteiger partial charge in [0.25, 0.3) is 0 Å². The van der Waals surface area contributed by atoms with E-state index in [0.717, 1.165) is 14.7 Å². The van der Waals surface area contributed by atoms with E-state index < -0.39 is 30.7 Å². The minimum Gasteiger partial charge on any atom is -0.504 e. The lowest BCUT2D eigenvalue weighted by atomic mass is 10.2. The van der Waals surface area contributed by atoms with Crippen molar-refractivity contribution in [3.8, 4) is 5.75 Å². The summed E-state index contributed by atoms with van der Waals surface area (Å²) in [5.74, 6) is -0.569. The zero-order valence-electron chi connectivity index (χ0n) is 14.0. The molecule has 2 aromatic rings. The first-order valence-corrected chi connectivity index (χ1v) is 9.77. The molecule has 0 saturated heterocycles. The highest BCUT2D eigenvalue weighted by Crippen LogP contribution is 2.37. The van der Waals surface area contributed by atoms with Crippen LogP contribution in [-0.2, 0) is 20.0 Å². The van der Waals surface area contributed by atoms with Gasteiger partial charge < -0.3 is 5.11 Å². The Balaban J connectivity index is 3.07. The van der Waals surface area contributed by atoms with Crippen LogP contribution in [0.15, 0.2) is 28.0 Å². The molecule has 0 aliphatic carbocycles. The Bertz CT molecular complexity index is 1010. The SMILES string of the molecule is Cc1ccc2c(S(=O)(=O)N(C)C)cc(S(=O)(=O)N(C)C)c(O)c2n1. The average molecular weight is 373 g/mol. The third-order valence-corrected chi connectivity index (χ3v) is 7.22. The van der Waals surface area contributed by atoms with E-state index in [2.05, 4.69) is 4.98 Å². The zero-order valence-corrected chi connectivity index (χ0v) is 15.6. The van der Waals surface area contributed by atoms with E-state index >= 15 is 0 Å². The number of aromatic nitrogens is 1. The smallest absolute Gasteiger partial charge is 0.246 e. The second kappa shape index (κ2) is 5.96. The van der Waals surface area contributed by atoms with Gasteiger partial charge in [0.15, 0.2) is 5.75 Å². The van der Waals surface area contributed by atoms with Crippen LogP contribution >= 0.6 is 0 Å². The maximum Gasteiger partial charge on any atom is 0.246 e. The summed E-state index contributed by atoms with van der Waals surface area (Å²) in [5.41, 5.74) is 0.448. The van der Waals surface area contributed by atoms with Gasteiger partial charge in [-0.2, -0.15) is 0 Å². The van der Waals surface area contributed by atoms with Gasteiger partial charge in [-0.05, 0) is 25.1 Å². The molecule has 1 heterocycles. The minimum absolute atomic E-state index is 0.0710. The van der Waals surface area contributed by atoms with Gasteiger partial charge in [-0.15, -0.1) is 0 Å². The molecule has 0 amide bonds. The molecule has 0 fully saturated rings. The van der Waals surface area contributed by atoms with Crippen molar-refractivity contribution >= 4 is 30.9 Å². The Morgan fingerprint density at radius 3 is 1.92 bits per heavy atom. The number of sulfonamides is 2. The molecule has 24 heavy (non-hydrogen) atoms. The number of aromatic hydroxyl groups is 1. The second-order valence-corrected chi connectivity index (χ2v) is 9.89. The van der Waals surface area contributed by atoms with E-state index in [1.807, 2.05) is 0 Å². The first kappa shape index (κ1) is 18.6. The highest BCUT2D eigenvalue weighted by atomic mass is 32.2. The highest BCUT2D eigenvalue weighted by molar-refractivity contribution is 7.90. The Morgan fingerprint density at radius 1 is 0.917 bits per heavy atom. The van der Waals surface area contributed by atoms with Gasteiger partial charge >= 0.3 is 0 Å². The number of benzene rings is 1. The molecule has 0 radical (unpaired) electrons. The zero-order chi connectivity index (χ0) is 18.4. The van der Waals surface area contributed by atoms with E-state index in [1.165, 1.54) is 34.3 Å². The van der Waals surface area contributed by atoms with Crippen molar-refractivity contribution in [3.63, 3.8) is 0 Å². The van der Waals surface area contributed by atoms with Gasteiger partial charge in [0.1, 0.15) is 10.4 Å². The quantitative estimate of drug-likeness (QED) is 0.847. The summed E-state index contributed by atoms with van der Waals surface area (Å²) >= 11 is 0. The predicted molar refractivity (Wildman–Crippen MR) is 89.9 cm³/mol. The number of pyridine rings is 1. The third kappa shape index (κ3) is 2.86. The normalized spacial score (nSPS) is 13.1. The Morgan fingerprint density at radius 2 is 1.42 bits per heavy atom. The van der Waals surface area contributed by atoms with Crippen LogP contribution in [0.2, 0.25) is 0 Å². The number of aryl methyl sites for hydroxylation is 1. The highest BCUT2D eigenvalue weighted by Gasteiger charge is 2.30.